The lowest BCUT2D eigenvalue weighted by atomic mass is 10.2. The molecule has 0 aliphatic carbocycles. The quantitative estimate of drug-likeness (QED) is 0.864. The molecule has 1 saturated heterocycles. The van der Waals surface area contributed by atoms with Gasteiger partial charge in [-0.05, 0) is 56.5 Å². The summed E-state index contributed by atoms with van der Waals surface area (Å²) in [5, 5.41) is 0. The fraction of sp³-hybridized carbons (Fsp3) is 0.333. The van der Waals surface area contributed by atoms with Crippen molar-refractivity contribution >= 4 is 31.4 Å². The van der Waals surface area contributed by atoms with Crippen molar-refractivity contribution in [2.24, 2.45) is 0 Å². The van der Waals surface area contributed by atoms with Crippen molar-refractivity contribution in [2.45, 2.75) is 32.1 Å². The molecule has 0 amide bonds. The molecule has 1 aliphatic heterocycles. The Balaban J connectivity index is 1.97. The molecule has 2 aromatic carbocycles. The minimum atomic E-state index is -3.76. The standard InChI is InChI=1S/C18H22N2O4S2/c1-13-5-8-18(15(3)11-13)26(23,24)19-16-7-6-14(2)17(12-16)20-9-4-10-25(20,21)22/h5-8,11-12,19H,4,9-10H2,1-3H3. The fourth-order valence-electron chi connectivity index (χ4n) is 3.16. The summed E-state index contributed by atoms with van der Waals surface area (Å²) in [6.45, 7) is 5.88. The summed E-state index contributed by atoms with van der Waals surface area (Å²) in [7, 11) is -7.09. The molecule has 0 unspecified atom stereocenters. The molecule has 1 N–H and O–H groups in total. The van der Waals surface area contributed by atoms with Gasteiger partial charge in [-0.3, -0.25) is 9.03 Å². The van der Waals surface area contributed by atoms with Gasteiger partial charge in [-0.25, -0.2) is 16.8 Å². The summed E-state index contributed by atoms with van der Waals surface area (Å²) in [6, 6.07) is 10.1. The van der Waals surface area contributed by atoms with E-state index in [0.717, 1.165) is 11.1 Å². The van der Waals surface area contributed by atoms with Gasteiger partial charge in [0.2, 0.25) is 10.0 Å². The van der Waals surface area contributed by atoms with Crippen molar-refractivity contribution in [3.8, 4) is 0 Å². The minimum absolute atomic E-state index is 0.116. The van der Waals surface area contributed by atoms with E-state index in [-0.39, 0.29) is 10.6 Å². The van der Waals surface area contributed by atoms with Crippen molar-refractivity contribution < 1.29 is 16.8 Å². The van der Waals surface area contributed by atoms with Gasteiger partial charge in [-0.15, -0.1) is 0 Å². The van der Waals surface area contributed by atoms with Crippen molar-refractivity contribution in [3.05, 3.63) is 53.1 Å². The largest absolute Gasteiger partial charge is 0.280 e. The minimum Gasteiger partial charge on any atom is -0.280 e. The third kappa shape index (κ3) is 3.57. The fourth-order valence-corrected chi connectivity index (χ4v) is 6.06. The number of benzene rings is 2. The molecule has 3 rings (SSSR count). The highest BCUT2D eigenvalue weighted by Crippen LogP contribution is 2.31. The summed E-state index contributed by atoms with van der Waals surface area (Å²) < 4.78 is 53.8. The van der Waals surface area contributed by atoms with Crippen molar-refractivity contribution in [2.75, 3.05) is 21.3 Å². The SMILES string of the molecule is Cc1ccc(S(=O)(=O)Nc2ccc(C)c(N3CCCS3(=O)=O)c2)c(C)c1. The van der Waals surface area contributed by atoms with E-state index >= 15 is 0 Å². The number of hydrogen-bond acceptors (Lipinski definition) is 4. The third-order valence-electron chi connectivity index (χ3n) is 4.45. The van der Waals surface area contributed by atoms with Gasteiger partial charge in [0.05, 0.1) is 22.0 Å². The molecule has 140 valence electrons. The van der Waals surface area contributed by atoms with E-state index < -0.39 is 20.0 Å². The maximum Gasteiger partial charge on any atom is 0.262 e. The summed E-state index contributed by atoms with van der Waals surface area (Å²) in [6.07, 6.45) is 0.570. The van der Waals surface area contributed by atoms with Crippen LogP contribution >= 0.6 is 0 Å². The Hall–Kier alpha value is -2.06. The topological polar surface area (TPSA) is 83.6 Å². The van der Waals surface area contributed by atoms with Crippen molar-refractivity contribution in [1.82, 2.24) is 0 Å². The van der Waals surface area contributed by atoms with E-state index in [9.17, 15) is 16.8 Å². The molecule has 0 aromatic heterocycles. The molecule has 2 aromatic rings. The first kappa shape index (κ1) is 18.7. The Labute approximate surface area is 155 Å². The zero-order chi connectivity index (χ0) is 19.1. The zero-order valence-electron chi connectivity index (χ0n) is 15.0. The van der Waals surface area contributed by atoms with E-state index in [2.05, 4.69) is 4.72 Å². The molecule has 26 heavy (non-hydrogen) atoms. The summed E-state index contributed by atoms with van der Waals surface area (Å²) >= 11 is 0. The molecule has 0 atom stereocenters. The smallest absolute Gasteiger partial charge is 0.262 e. The molecular formula is C18H22N2O4S2. The third-order valence-corrected chi connectivity index (χ3v) is 7.85. The number of aryl methyl sites for hydroxylation is 3. The van der Waals surface area contributed by atoms with Crippen molar-refractivity contribution in [3.63, 3.8) is 0 Å². The van der Waals surface area contributed by atoms with Gasteiger partial charge in [0.15, 0.2) is 0 Å². The normalized spacial score (nSPS) is 16.7. The number of anilines is 2. The second-order valence-electron chi connectivity index (χ2n) is 6.62. The predicted octanol–water partition coefficient (Wildman–Crippen LogP) is 2.95. The van der Waals surface area contributed by atoms with Crippen LogP contribution in [0.1, 0.15) is 23.1 Å². The Kier molecular flexibility index (Phi) is 4.74. The molecule has 8 heteroatoms. The number of sulfonamides is 2. The highest BCUT2D eigenvalue weighted by atomic mass is 32.2. The van der Waals surface area contributed by atoms with Crippen LogP contribution in [-0.4, -0.2) is 29.1 Å². The Bertz CT molecular complexity index is 1060. The first-order chi connectivity index (χ1) is 12.1. The molecular weight excluding hydrogens is 372 g/mol. The lowest BCUT2D eigenvalue weighted by molar-refractivity contribution is 0.598. The van der Waals surface area contributed by atoms with Crippen LogP contribution in [0.2, 0.25) is 0 Å². The van der Waals surface area contributed by atoms with Gasteiger partial charge in [0.25, 0.3) is 10.0 Å². The summed E-state index contributed by atoms with van der Waals surface area (Å²) in [5.41, 5.74) is 3.28. The van der Waals surface area contributed by atoms with Crippen LogP contribution in [0, 0.1) is 20.8 Å². The van der Waals surface area contributed by atoms with Crippen LogP contribution in [0.25, 0.3) is 0 Å². The van der Waals surface area contributed by atoms with Gasteiger partial charge in [0.1, 0.15) is 0 Å². The molecule has 1 heterocycles. The Morgan fingerprint density at radius 2 is 1.73 bits per heavy atom. The Morgan fingerprint density at radius 3 is 2.35 bits per heavy atom. The van der Waals surface area contributed by atoms with Crippen LogP contribution in [0.4, 0.5) is 11.4 Å². The van der Waals surface area contributed by atoms with E-state index in [0.29, 0.717) is 29.9 Å². The lowest BCUT2D eigenvalue weighted by Crippen LogP contribution is -2.26. The number of rotatable bonds is 4. The van der Waals surface area contributed by atoms with E-state index in [1.54, 1.807) is 37.3 Å². The van der Waals surface area contributed by atoms with Crippen LogP contribution in [0.5, 0.6) is 0 Å². The first-order valence-corrected chi connectivity index (χ1v) is 11.4. The molecule has 0 bridgehead atoms. The van der Waals surface area contributed by atoms with Crippen LogP contribution in [0.3, 0.4) is 0 Å². The highest BCUT2D eigenvalue weighted by molar-refractivity contribution is 7.93. The molecule has 0 saturated carbocycles. The van der Waals surface area contributed by atoms with Crippen LogP contribution in [-0.2, 0) is 20.0 Å². The Morgan fingerprint density at radius 1 is 1.00 bits per heavy atom. The van der Waals surface area contributed by atoms with Gasteiger partial charge < -0.3 is 0 Å². The second kappa shape index (κ2) is 6.59. The number of hydrogen-bond donors (Lipinski definition) is 1. The molecule has 1 aliphatic rings. The van der Waals surface area contributed by atoms with Gasteiger partial charge >= 0.3 is 0 Å². The average molecular weight is 395 g/mol. The second-order valence-corrected chi connectivity index (χ2v) is 10.3. The molecule has 1 fully saturated rings. The molecule has 0 radical (unpaired) electrons. The molecule has 6 nitrogen and oxygen atoms in total. The van der Waals surface area contributed by atoms with E-state index in [4.69, 9.17) is 0 Å². The number of nitrogens with zero attached hydrogens (tertiary/aromatic N) is 1. The lowest BCUT2D eigenvalue weighted by Gasteiger charge is -2.20. The maximum atomic E-state index is 12.7. The van der Waals surface area contributed by atoms with Gasteiger partial charge in [-0.1, -0.05) is 23.8 Å². The average Bonchev–Trinajstić information content (AvgIpc) is 2.87. The molecule has 0 spiro atoms. The van der Waals surface area contributed by atoms with E-state index in [1.165, 1.54) is 4.31 Å². The van der Waals surface area contributed by atoms with Crippen LogP contribution < -0.4 is 9.03 Å². The maximum absolute atomic E-state index is 12.7. The zero-order valence-corrected chi connectivity index (χ0v) is 16.6. The first-order valence-electron chi connectivity index (χ1n) is 8.31. The van der Waals surface area contributed by atoms with Crippen molar-refractivity contribution in [1.29, 1.82) is 0 Å². The van der Waals surface area contributed by atoms with E-state index in [1.807, 2.05) is 19.9 Å². The summed E-state index contributed by atoms with van der Waals surface area (Å²) in [5.74, 6) is 0.116. The summed E-state index contributed by atoms with van der Waals surface area (Å²) in [4.78, 5) is 0.207. The van der Waals surface area contributed by atoms with Crippen LogP contribution in [0.15, 0.2) is 41.3 Å². The van der Waals surface area contributed by atoms with Gasteiger partial charge in [-0.2, -0.15) is 0 Å². The monoisotopic (exact) mass is 394 g/mol. The predicted molar refractivity (Wildman–Crippen MR) is 104 cm³/mol. The highest BCUT2D eigenvalue weighted by Gasteiger charge is 2.29. The van der Waals surface area contributed by atoms with Gasteiger partial charge in [0, 0.05) is 6.54 Å². The number of nitrogens with one attached hydrogen (secondary N) is 1.